The van der Waals surface area contributed by atoms with Crippen LogP contribution in [0, 0.1) is 0 Å². The molecule has 0 rings (SSSR count). The fourth-order valence-corrected chi connectivity index (χ4v) is 8.09. The van der Waals surface area contributed by atoms with Gasteiger partial charge in [-0.2, -0.15) is 0 Å². The Bertz CT molecular complexity index is 874. The molecule has 0 saturated heterocycles. The SMILES string of the molecule is CCCCCCCCCCCCCCCCCCCC(=O)OC[C@@H](COC(=O)CCCCCCCCCCCC)OC(=O)CCCCCCCCCCCCCCCC. The monoisotopic (exact) mass is 835 g/mol. The number of carbonyl (C=O) groups excluding carboxylic acids is 3. The van der Waals surface area contributed by atoms with Gasteiger partial charge in [0.2, 0.25) is 0 Å². The predicted octanol–water partition coefficient (Wildman–Crippen LogP) is 17.2. The smallest absolute Gasteiger partial charge is 0.306 e. The van der Waals surface area contributed by atoms with Gasteiger partial charge in [0.25, 0.3) is 0 Å². The van der Waals surface area contributed by atoms with Gasteiger partial charge in [-0.15, -0.1) is 0 Å². The first-order valence-electron chi connectivity index (χ1n) is 26.5. The third-order valence-corrected chi connectivity index (χ3v) is 12.1. The molecule has 6 heteroatoms. The lowest BCUT2D eigenvalue weighted by Gasteiger charge is -2.18. The zero-order valence-corrected chi connectivity index (χ0v) is 40.1. The minimum atomic E-state index is -0.759. The van der Waals surface area contributed by atoms with Crippen molar-refractivity contribution in [1.29, 1.82) is 0 Å². The summed E-state index contributed by atoms with van der Waals surface area (Å²) in [7, 11) is 0. The maximum atomic E-state index is 12.8. The van der Waals surface area contributed by atoms with Crippen molar-refractivity contribution in [3.05, 3.63) is 0 Å². The molecular formula is C53H102O6. The average Bonchev–Trinajstić information content (AvgIpc) is 3.23. The number of ether oxygens (including phenoxy) is 3. The third kappa shape index (κ3) is 47.3. The third-order valence-electron chi connectivity index (χ3n) is 12.1. The van der Waals surface area contributed by atoms with E-state index in [0.29, 0.717) is 19.3 Å². The van der Waals surface area contributed by atoms with Crippen molar-refractivity contribution < 1.29 is 28.6 Å². The molecule has 0 spiro atoms. The number of carbonyl (C=O) groups is 3. The van der Waals surface area contributed by atoms with Gasteiger partial charge in [-0.25, -0.2) is 0 Å². The van der Waals surface area contributed by atoms with Crippen molar-refractivity contribution in [3.8, 4) is 0 Å². The molecule has 0 unspecified atom stereocenters. The Labute approximate surface area is 368 Å². The second-order valence-corrected chi connectivity index (χ2v) is 18.2. The maximum absolute atomic E-state index is 12.8. The van der Waals surface area contributed by atoms with E-state index >= 15 is 0 Å². The fourth-order valence-electron chi connectivity index (χ4n) is 8.09. The normalized spacial score (nSPS) is 11.8. The van der Waals surface area contributed by atoms with E-state index in [-0.39, 0.29) is 31.1 Å². The number of hydrogen-bond acceptors (Lipinski definition) is 6. The minimum Gasteiger partial charge on any atom is -0.462 e. The van der Waals surface area contributed by atoms with E-state index in [4.69, 9.17) is 14.2 Å². The second kappa shape index (κ2) is 49.1. The largest absolute Gasteiger partial charge is 0.462 e. The Morgan fingerprint density at radius 2 is 0.458 bits per heavy atom. The number of rotatable bonds is 49. The van der Waals surface area contributed by atoms with Gasteiger partial charge in [-0.3, -0.25) is 14.4 Å². The van der Waals surface area contributed by atoms with Crippen LogP contribution in [0.1, 0.15) is 303 Å². The van der Waals surface area contributed by atoms with Crippen LogP contribution in [0.25, 0.3) is 0 Å². The van der Waals surface area contributed by atoms with Crippen molar-refractivity contribution in [3.63, 3.8) is 0 Å². The van der Waals surface area contributed by atoms with Crippen LogP contribution < -0.4 is 0 Å². The Balaban J connectivity index is 4.26. The summed E-state index contributed by atoms with van der Waals surface area (Å²) < 4.78 is 16.8. The molecular weight excluding hydrogens is 733 g/mol. The van der Waals surface area contributed by atoms with E-state index < -0.39 is 6.10 Å². The summed E-state index contributed by atoms with van der Waals surface area (Å²) >= 11 is 0. The molecule has 0 aliphatic carbocycles. The first kappa shape index (κ1) is 57.4. The van der Waals surface area contributed by atoms with E-state index in [1.54, 1.807) is 0 Å². The molecule has 0 amide bonds. The summed E-state index contributed by atoms with van der Waals surface area (Å²) in [6.07, 6.45) is 52.3. The van der Waals surface area contributed by atoms with E-state index in [9.17, 15) is 14.4 Å². The van der Waals surface area contributed by atoms with Crippen LogP contribution in [0.5, 0.6) is 0 Å². The molecule has 1 atom stereocenters. The molecule has 0 aliphatic rings. The van der Waals surface area contributed by atoms with E-state index in [0.717, 1.165) is 57.8 Å². The van der Waals surface area contributed by atoms with Crippen molar-refractivity contribution >= 4 is 17.9 Å². The minimum absolute atomic E-state index is 0.0617. The molecule has 0 heterocycles. The number of esters is 3. The summed E-state index contributed by atoms with van der Waals surface area (Å²) in [5.74, 6) is -0.841. The fraction of sp³-hybridized carbons (Fsp3) is 0.943. The van der Waals surface area contributed by atoms with Crippen molar-refractivity contribution in [1.82, 2.24) is 0 Å². The van der Waals surface area contributed by atoms with Gasteiger partial charge in [-0.1, -0.05) is 265 Å². The van der Waals surface area contributed by atoms with Crippen LogP contribution in [0.15, 0.2) is 0 Å². The van der Waals surface area contributed by atoms with Crippen LogP contribution >= 0.6 is 0 Å². The lowest BCUT2D eigenvalue weighted by molar-refractivity contribution is -0.167. The predicted molar refractivity (Wildman–Crippen MR) is 252 cm³/mol. The quantitative estimate of drug-likeness (QED) is 0.0345. The molecule has 6 nitrogen and oxygen atoms in total. The Morgan fingerprint density at radius 1 is 0.271 bits per heavy atom. The highest BCUT2D eigenvalue weighted by atomic mass is 16.6. The van der Waals surface area contributed by atoms with Gasteiger partial charge in [0.1, 0.15) is 13.2 Å². The highest BCUT2D eigenvalue weighted by Crippen LogP contribution is 2.17. The van der Waals surface area contributed by atoms with Gasteiger partial charge in [0.15, 0.2) is 6.10 Å². The first-order chi connectivity index (χ1) is 29.0. The van der Waals surface area contributed by atoms with Crippen molar-refractivity contribution in [2.24, 2.45) is 0 Å². The first-order valence-corrected chi connectivity index (χ1v) is 26.5. The Hall–Kier alpha value is -1.59. The molecule has 0 radical (unpaired) electrons. The average molecular weight is 835 g/mol. The molecule has 0 bridgehead atoms. The molecule has 59 heavy (non-hydrogen) atoms. The van der Waals surface area contributed by atoms with E-state index in [2.05, 4.69) is 20.8 Å². The zero-order chi connectivity index (χ0) is 43.0. The molecule has 0 aliphatic heterocycles. The number of hydrogen-bond donors (Lipinski definition) is 0. The van der Waals surface area contributed by atoms with Crippen molar-refractivity contribution in [2.75, 3.05) is 13.2 Å². The molecule has 0 aromatic heterocycles. The van der Waals surface area contributed by atoms with Crippen LogP contribution in [-0.2, 0) is 28.6 Å². The molecule has 0 aromatic rings. The molecule has 350 valence electrons. The van der Waals surface area contributed by atoms with Gasteiger partial charge in [0, 0.05) is 19.3 Å². The van der Waals surface area contributed by atoms with Gasteiger partial charge in [0.05, 0.1) is 0 Å². The highest BCUT2D eigenvalue weighted by molar-refractivity contribution is 5.71. The van der Waals surface area contributed by atoms with Crippen LogP contribution in [0.3, 0.4) is 0 Å². The second-order valence-electron chi connectivity index (χ2n) is 18.2. The number of unbranched alkanes of at least 4 members (excludes halogenated alkanes) is 38. The molecule has 0 N–H and O–H groups in total. The maximum Gasteiger partial charge on any atom is 0.306 e. The highest BCUT2D eigenvalue weighted by Gasteiger charge is 2.19. The summed E-state index contributed by atoms with van der Waals surface area (Å²) in [5.41, 5.74) is 0. The summed E-state index contributed by atoms with van der Waals surface area (Å²) in [6.45, 7) is 6.68. The van der Waals surface area contributed by atoms with Crippen LogP contribution in [0.4, 0.5) is 0 Å². The zero-order valence-electron chi connectivity index (χ0n) is 40.1. The molecule has 0 aromatic carbocycles. The van der Waals surface area contributed by atoms with Crippen LogP contribution in [-0.4, -0.2) is 37.2 Å². The summed E-state index contributed by atoms with van der Waals surface area (Å²) in [4.78, 5) is 37.9. The lowest BCUT2D eigenvalue weighted by Crippen LogP contribution is -2.30. The van der Waals surface area contributed by atoms with Crippen LogP contribution in [0.2, 0.25) is 0 Å². The summed E-state index contributed by atoms with van der Waals surface area (Å²) in [6, 6.07) is 0. The van der Waals surface area contributed by atoms with Gasteiger partial charge in [-0.05, 0) is 19.3 Å². The van der Waals surface area contributed by atoms with Crippen molar-refractivity contribution in [2.45, 2.75) is 309 Å². The molecule has 0 fully saturated rings. The topological polar surface area (TPSA) is 78.9 Å². The van der Waals surface area contributed by atoms with Gasteiger partial charge < -0.3 is 14.2 Å². The van der Waals surface area contributed by atoms with Gasteiger partial charge >= 0.3 is 17.9 Å². The standard InChI is InChI=1S/C53H102O6/c1-4-7-10-13-16-19-22-24-26-27-28-30-31-34-37-40-43-46-52(55)58-49-50(48-57-51(54)45-42-39-36-33-21-18-15-12-9-6-3)59-53(56)47-44-41-38-35-32-29-25-23-20-17-14-11-8-5-2/h50H,4-49H2,1-3H3/t50-/m1/s1. The summed E-state index contributed by atoms with van der Waals surface area (Å²) in [5, 5.41) is 0. The van der Waals surface area contributed by atoms with E-state index in [1.165, 1.54) is 205 Å². The Morgan fingerprint density at radius 3 is 0.678 bits per heavy atom. The molecule has 0 saturated carbocycles. The lowest BCUT2D eigenvalue weighted by atomic mass is 10.0. The Kier molecular flexibility index (Phi) is 47.7. The van der Waals surface area contributed by atoms with E-state index in [1.807, 2.05) is 0 Å².